The van der Waals surface area contributed by atoms with E-state index in [9.17, 15) is 9.59 Å². The highest BCUT2D eigenvalue weighted by Gasteiger charge is 2.09. The van der Waals surface area contributed by atoms with Crippen LogP contribution in [-0.2, 0) is 11.3 Å². The lowest BCUT2D eigenvalue weighted by Gasteiger charge is -2.08. The van der Waals surface area contributed by atoms with Gasteiger partial charge in [-0.05, 0) is 49.7 Å². The van der Waals surface area contributed by atoms with Crippen molar-refractivity contribution < 1.29 is 14.3 Å². The van der Waals surface area contributed by atoms with Crippen LogP contribution in [0.25, 0.3) is 11.0 Å². The minimum atomic E-state index is -0.386. The van der Waals surface area contributed by atoms with E-state index in [1.54, 1.807) is 42.5 Å². The number of hydrogen-bond donors (Lipinski definition) is 1. The smallest absolute Gasteiger partial charge is 0.337 e. The van der Waals surface area contributed by atoms with Crippen molar-refractivity contribution in [2.24, 2.45) is 0 Å². The number of nitrogens with one attached hydrogen (secondary N) is 1. The van der Waals surface area contributed by atoms with E-state index in [0.717, 1.165) is 22.5 Å². The molecule has 1 amide bonds. The van der Waals surface area contributed by atoms with Crippen molar-refractivity contribution in [3.8, 4) is 0 Å². The highest BCUT2D eigenvalue weighted by molar-refractivity contribution is 5.97. The van der Waals surface area contributed by atoms with Gasteiger partial charge in [-0.1, -0.05) is 12.1 Å². The molecule has 0 spiro atoms. The van der Waals surface area contributed by atoms with E-state index in [1.165, 1.54) is 7.11 Å². The summed E-state index contributed by atoms with van der Waals surface area (Å²) in [6, 6.07) is 12.2. The average Bonchev–Trinajstić information content (AvgIpc) is 2.66. The van der Waals surface area contributed by atoms with Crippen molar-refractivity contribution in [2.45, 2.75) is 20.4 Å². The van der Waals surface area contributed by atoms with Crippen molar-refractivity contribution >= 4 is 22.9 Å². The molecule has 26 heavy (non-hydrogen) atoms. The minimum Gasteiger partial charge on any atom is -0.465 e. The molecule has 0 aliphatic carbocycles. The molecule has 0 saturated carbocycles. The molecule has 2 aromatic carbocycles. The highest BCUT2D eigenvalue weighted by Crippen LogP contribution is 2.15. The Hall–Kier alpha value is -3.28. The van der Waals surface area contributed by atoms with Gasteiger partial charge < -0.3 is 10.1 Å². The Morgan fingerprint density at radius 1 is 0.923 bits per heavy atom. The second kappa shape index (κ2) is 7.31. The number of aryl methyl sites for hydroxylation is 2. The van der Waals surface area contributed by atoms with E-state index in [-0.39, 0.29) is 11.9 Å². The molecule has 0 aliphatic heterocycles. The number of nitrogens with zero attached hydrogens (tertiary/aromatic N) is 2. The second-order valence-corrected chi connectivity index (χ2v) is 5.97. The minimum absolute atomic E-state index is 0.191. The summed E-state index contributed by atoms with van der Waals surface area (Å²) in [6.45, 7) is 4.16. The monoisotopic (exact) mass is 349 g/mol. The number of carbonyl (C=O) groups excluding carboxylic acids is 2. The number of rotatable bonds is 4. The van der Waals surface area contributed by atoms with Gasteiger partial charge in [0.25, 0.3) is 5.91 Å². The molecule has 6 heteroatoms. The molecule has 0 atom stereocenters. The molecule has 3 rings (SSSR count). The molecule has 132 valence electrons. The highest BCUT2D eigenvalue weighted by atomic mass is 16.5. The Balaban J connectivity index is 1.71. The maximum atomic E-state index is 12.4. The number of amides is 1. The quantitative estimate of drug-likeness (QED) is 0.733. The molecular formula is C20H19N3O3. The van der Waals surface area contributed by atoms with Gasteiger partial charge in [0.05, 0.1) is 35.1 Å². The molecule has 1 heterocycles. The summed E-state index contributed by atoms with van der Waals surface area (Å²) in [7, 11) is 1.34. The first-order valence-corrected chi connectivity index (χ1v) is 8.18. The number of fused-ring (bicyclic) bond motifs is 1. The molecule has 0 radical (unpaired) electrons. The summed E-state index contributed by atoms with van der Waals surface area (Å²) in [5, 5.41) is 2.87. The summed E-state index contributed by atoms with van der Waals surface area (Å²) >= 11 is 0. The van der Waals surface area contributed by atoms with Crippen LogP contribution in [0, 0.1) is 13.8 Å². The van der Waals surface area contributed by atoms with Crippen LogP contribution in [0.4, 0.5) is 0 Å². The fourth-order valence-electron chi connectivity index (χ4n) is 2.53. The fourth-order valence-corrected chi connectivity index (χ4v) is 2.53. The van der Waals surface area contributed by atoms with Crippen LogP contribution in [0.1, 0.15) is 37.7 Å². The molecule has 6 nitrogen and oxygen atoms in total. The number of ether oxygens (including phenoxy) is 1. The van der Waals surface area contributed by atoms with E-state index in [4.69, 9.17) is 0 Å². The Morgan fingerprint density at radius 3 is 2.19 bits per heavy atom. The van der Waals surface area contributed by atoms with Gasteiger partial charge in [0.2, 0.25) is 0 Å². The van der Waals surface area contributed by atoms with Crippen molar-refractivity contribution in [3.05, 3.63) is 70.5 Å². The number of methoxy groups -OCH3 is 1. The van der Waals surface area contributed by atoms with E-state index >= 15 is 0 Å². The number of esters is 1. The molecule has 0 unspecified atom stereocenters. The van der Waals surface area contributed by atoms with Gasteiger partial charge in [0, 0.05) is 12.1 Å². The maximum Gasteiger partial charge on any atom is 0.337 e. The molecular weight excluding hydrogens is 330 g/mol. The van der Waals surface area contributed by atoms with Gasteiger partial charge in [0.15, 0.2) is 0 Å². The third-order valence-electron chi connectivity index (χ3n) is 4.17. The van der Waals surface area contributed by atoms with Crippen LogP contribution in [-0.4, -0.2) is 29.0 Å². The summed E-state index contributed by atoms with van der Waals surface area (Å²) in [6.07, 6.45) is 0. The number of carbonyl (C=O) groups is 2. The lowest BCUT2D eigenvalue weighted by atomic mass is 10.1. The third-order valence-corrected chi connectivity index (χ3v) is 4.17. The van der Waals surface area contributed by atoms with Crippen molar-refractivity contribution in [3.63, 3.8) is 0 Å². The first kappa shape index (κ1) is 17.5. The van der Waals surface area contributed by atoms with Crippen LogP contribution in [0.3, 0.4) is 0 Å². The topological polar surface area (TPSA) is 81.2 Å². The molecule has 0 bridgehead atoms. The zero-order valence-electron chi connectivity index (χ0n) is 14.9. The zero-order chi connectivity index (χ0) is 18.7. The number of hydrogen-bond acceptors (Lipinski definition) is 5. The fraction of sp³-hybridized carbons (Fsp3) is 0.200. The van der Waals surface area contributed by atoms with E-state index in [1.807, 2.05) is 13.8 Å². The van der Waals surface area contributed by atoms with Crippen LogP contribution in [0.15, 0.2) is 42.5 Å². The summed E-state index contributed by atoms with van der Waals surface area (Å²) in [4.78, 5) is 32.8. The van der Waals surface area contributed by atoms with Gasteiger partial charge in [-0.15, -0.1) is 0 Å². The number of benzene rings is 2. The van der Waals surface area contributed by atoms with Crippen LogP contribution < -0.4 is 5.32 Å². The number of aromatic nitrogens is 2. The van der Waals surface area contributed by atoms with E-state index < -0.39 is 0 Å². The predicted octanol–water partition coefficient (Wildman–Crippen LogP) is 2.96. The maximum absolute atomic E-state index is 12.4. The Kier molecular flexibility index (Phi) is 4.93. The van der Waals surface area contributed by atoms with Crippen molar-refractivity contribution in [1.29, 1.82) is 0 Å². The summed E-state index contributed by atoms with van der Waals surface area (Å²) in [5.74, 6) is -0.577. The van der Waals surface area contributed by atoms with Crippen molar-refractivity contribution in [2.75, 3.05) is 7.11 Å². The molecule has 0 saturated heterocycles. The molecule has 1 N–H and O–H groups in total. The largest absolute Gasteiger partial charge is 0.465 e. The van der Waals surface area contributed by atoms with Crippen LogP contribution in [0.2, 0.25) is 0 Å². The summed E-state index contributed by atoms with van der Waals surface area (Å²) in [5.41, 5.74) is 5.08. The zero-order valence-corrected chi connectivity index (χ0v) is 14.9. The van der Waals surface area contributed by atoms with Gasteiger partial charge in [-0.2, -0.15) is 0 Å². The average molecular weight is 349 g/mol. The van der Waals surface area contributed by atoms with Gasteiger partial charge in [-0.3, -0.25) is 4.79 Å². The lowest BCUT2D eigenvalue weighted by molar-refractivity contribution is 0.0600. The lowest BCUT2D eigenvalue weighted by Crippen LogP contribution is -2.22. The van der Waals surface area contributed by atoms with Gasteiger partial charge >= 0.3 is 5.97 Å². The van der Waals surface area contributed by atoms with Gasteiger partial charge in [-0.25, -0.2) is 14.8 Å². The molecule has 0 fully saturated rings. The van der Waals surface area contributed by atoms with E-state index in [0.29, 0.717) is 23.2 Å². The summed E-state index contributed by atoms with van der Waals surface area (Å²) < 4.78 is 4.66. The standard InChI is InChI=1S/C20H19N3O3/c1-12-13(2)23-18-10-16(8-9-17(18)22-12)19(24)21-11-14-4-6-15(7-5-14)20(25)26-3/h4-10H,11H2,1-3H3,(H,21,24). The Labute approximate surface area is 151 Å². The Morgan fingerprint density at radius 2 is 1.54 bits per heavy atom. The van der Waals surface area contributed by atoms with Crippen LogP contribution >= 0.6 is 0 Å². The molecule has 1 aromatic heterocycles. The molecule has 3 aromatic rings. The predicted molar refractivity (Wildman–Crippen MR) is 98.0 cm³/mol. The second-order valence-electron chi connectivity index (χ2n) is 5.97. The van der Waals surface area contributed by atoms with Crippen LogP contribution in [0.5, 0.6) is 0 Å². The van der Waals surface area contributed by atoms with Crippen molar-refractivity contribution in [1.82, 2.24) is 15.3 Å². The van der Waals surface area contributed by atoms with Gasteiger partial charge in [0.1, 0.15) is 0 Å². The third kappa shape index (κ3) is 3.69. The molecule has 0 aliphatic rings. The SMILES string of the molecule is COC(=O)c1ccc(CNC(=O)c2ccc3nc(C)c(C)nc3c2)cc1. The first-order valence-electron chi connectivity index (χ1n) is 8.18. The normalized spacial score (nSPS) is 10.6. The Bertz CT molecular complexity index is 982. The first-order chi connectivity index (χ1) is 12.5. The van der Waals surface area contributed by atoms with E-state index in [2.05, 4.69) is 20.0 Å².